The first kappa shape index (κ1) is 23.1. The Morgan fingerprint density at radius 3 is 2.42 bits per heavy atom. The van der Waals surface area contributed by atoms with E-state index in [2.05, 4.69) is 11.9 Å². The minimum absolute atomic E-state index is 0.00818. The quantitative estimate of drug-likeness (QED) is 0.654. The number of carbonyl (C=O) groups excluding carboxylic acids is 1. The van der Waals surface area contributed by atoms with Gasteiger partial charge in [-0.15, -0.1) is 0 Å². The molecular weight excluding hydrogens is 392 g/mol. The van der Waals surface area contributed by atoms with Crippen LogP contribution in [0.4, 0.5) is 0 Å². The average molecular weight is 427 g/mol. The molecule has 1 amide bonds. The Kier molecular flexibility index (Phi) is 6.92. The smallest absolute Gasteiger partial charge is 0.257 e. The number of aromatic hydroxyl groups is 2. The number of phenols is 2. The molecular formula is C25H34N2O4. The minimum Gasteiger partial charge on any atom is -0.508 e. The normalized spacial score (nSPS) is 16.5. The fraction of sp³-hybridized carbons (Fsp3) is 0.480. The number of amides is 1. The summed E-state index contributed by atoms with van der Waals surface area (Å²) < 4.78 is 0. The summed E-state index contributed by atoms with van der Waals surface area (Å²) in [4.78, 5) is 17.1. The van der Waals surface area contributed by atoms with Gasteiger partial charge in [-0.25, -0.2) is 0 Å². The van der Waals surface area contributed by atoms with Crippen molar-refractivity contribution in [1.82, 2.24) is 9.80 Å². The van der Waals surface area contributed by atoms with E-state index in [0.29, 0.717) is 31.5 Å². The van der Waals surface area contributed by atoms with Crippen LogP contribution >= 0.6 is 0 Å². The number of rotatable bonds is 6. The first-order valence-electron chi connectivity index (χ1n) is 11.0. The van der Waals surface area contributed by atoms with Gasteiger partial charge in [-0.3, -0.25) is 4.79 Å². The standard InChI is InChI=1S/C25H34N2O4/c1-5-27(24(30)21-14-20(17(2)3)22(28)15-23(21)29)16-18-7-6-8-19(13-18)25(31)9-11-26(4)12-10-25/h6-8,13-15,17,28-29,31H,5,9-12,16H2,1-4H3. The topological polar surface area (TPSA) is 84.2 Å². The van der Waals surface area contributed by atoms with Gasteiger partial charge in [-0.05, 0) is 55.5 Å². The van der Waals surface area contributed by atoms with Crippen molar-refractivity contribution in [3.63, 3.8) is 0 Å². The second-order valence-electron chi connectivity index (χ2n) is 8.94. The lowest BCUT2D eigenvalue weighted by molar-refractivity contribution is -0.0203. The van der Waals surface area contributed by atoms with Crippen LogP contribution in [0.2, 0.25) is 0 Å². The first-order chi connectivity index (χ1) is 14.6. The molecule has 1 aliphatic heterocycles. The van der Waals surface area contributed by atoms with E-state index in [1.165, 1.54) is 6.07 Å². The average Bonchev–Trinajstić information content (AvgIpc) is 2.74. The highest BCUT2D eigenvalue weighted by molar-refractivity contribution is 5.97. The van der Waals surface area contributed by atoms with E-state index in [-0.39, 0.29) is 28.9 Å². The van der Waals surface area contributed by atoms with E-state index in [1.807, 2.05) is 45.0 Å². The maximum absolute atomic E-state index is 13.2. The number of phenolic OH excluding ortho intramolecular Hbond substituents is 2. The number of benzene rings is 2. The molecule has 6 nitrogen and oxygen atoms in total. The number of carbonyl (C=O) groups is 1. The van der Waals surface area contributed by atoms with E-state index in [9.17, 15) is 20.1 Å². The Hall–Kier alpha value is -2.57. The molecule has 2 aromatic carbocycles. The molecule has 0 bridgehead atoms. The van der Waals surface area contributed by atoms with Crippen LogP contribution in [0.5, 0.6) is 11.5 Å². The number of aliphatic hydroxyl groups is 1. The van der Waals surface area contributed by atoms with Gasteiger partial charge in [-0.1, -0.05) is 38.1 Å². The molecule has 6 heteroatoms. The Labute approximate surface area is 184 Å². The van der Waals surface area contributed by atoms with Crippen molar-refractivity contribution in [2.24, 2.45) is 0 Å². The first-order valence-corrected chi connectivity index (χ1v) is 11.0. The summed E-state index contributed by atoms with van der Waals surface area (Å²) >= 11 is 0. The van der Waals surface area contributed by atoms with Crippen molar-refractivity contribution in [3.05, 3.63) is 58.7 Å². The van der Waals surface area contributed by atoms with Crippen molar-refractivity contribution in [1.29, 1.82) is 0 Å². The van der Waals surface area contributed by atoms with E-state index < -0.39 is 5.60 Å². The lowest BCUT2D eigenvalue weighted by Crippen LogP contribution is -2.40. The van der Waals surface area contributed by atoms with Gasteiger partial charge in [0.05, 0.1) is 11.2 Å². The van der Waals surface area contributed by atoms with Crippen LogP contribution in [0.25, 0.3) is 0 Å². The van der Waals surface area contributed by atoms with E-state index in [0.717, 1.165) is 24.2 Å². The maximum atomic E-state index is 13.2. The van der Waals surface area contributed by atoms with Crippen LogP contribution in [-0.2, 0) is 12.1 Å². The third-order valence-electron chi connectivity index (χ3n) is 6.32. The largest absolute Gasteiger partial charge is 0.508 e. The summed E-state index contributed by atoms with van der Waals surface area (Å²) in [6.45, 7) is 8.28. The van der Waals surface area contributed by atoms with Crippen molar-refractivity contribution >= 4 is 5.91 Å². The van der Waals surface area contributed by atoms with Gasteiger partial charge in [0.15, 0.2) is 0 Å². The van der Waals surface area contributed by atoms with Crippen LogP contribution in [0.15, 0.2) is 36.4 Å². The Balaban J connectivity index is 1.83. The number of likely N-dealkylation sites (tertiary alicyclic amines) is 1. The molecule has 0 unspecified atom stereocenters. The highest BCUT2D eigenvalue weighted by atomic mass is 16.3. The molecule has 0 aliphatic carbocycles. The molecule has 3 N–H and O–H groups in total. The van der Waals surface area contributed by atoms with Crippen LogP contribution in [0.1, 0.15) is 66.6 Å². The Morgan fingerprint density at radius 1 is 1.13 bits per heavy atom. The van der Waals surface area contributed by atoms with Crippen molar-refractivity contribution in [2.75, 3.05) is 26.7 Å². The van der Waals surface area contributed by atoms with Gasteiger partial charge < -0.3 is 25.1 Å². The summed E-state index contributed by atoms with van der Waals surface area (Å²) in [6, 6.07) is 10.6. The number of nitrogens with zero attached hydrogens (tertiary/aromatic N) is 2. The molecule has 1 saturated heterocycles. The van der Waals surface area contributed by atoms with E-state index in [4.69, 9.17) is 0 Å². The molecule has 0 saturated carbocycles. The van der Waals surface area contributed by atoms with Crippen LogP contribution in [0.3, 0.4) is 0 Å². The molecule has 31 heavy (non-hydrogen) atoms. The van der Waals surface area contributed by atoms with Crippen LogP contribution < -0.4 is 0 Å². The maximum Gasteiger partial charge on any atom is 0.257 e. The predicted molar refractivity (Wildman–Crippen MR) is 121 cm³/mol. The highest BCUT2D eigenvalue weighted by Gasteiger charge is 2.33. The Morgan fingerprint density at radius 2 is 1.81 bits per heavy atom. The molecule has 1 fully saturated rings. The number of piperidine rings is 1. The zero-order valence-electron chi connectivity index (χ0n) is 18.9. The van der Waals surface area contributed by atoms with Crippen molar-refractivity contribution in [2.45, 2.75) is 51.7 Å². The summed E-state index contributed by atoms with van der Waals surface area (Å²) in [7, 11) is 2.06. The third-order valence-corrected chi connectivity index (χ3v) is 6.32. The van der Waals surface area contributed by atoms with Gasteiger partial charge in [0.25, 0.3) is 5.91 Å². The Bertz CT molecular complexity index is 933. The number of hydrogen-bond acceptors (Lipinski definition) is 5. The molecule has 0 aromatic heterocycles. The van der Waals surface area contributed by atoms with Crippen LogP contribution in [-0.4, -0.2) is 57.7 Å². The molecule has 3 rings (SSSR count). The fourth-order valence-corrected chi connectivity index (χ4v) is 4.18. The van der Waals surface area contributed by atoms with Crippen molar-refractivity contribution in [3.8, 4) is 11.5 Å². The molecule has 2 aromatic rings. The molecule has 0 atom stereocenters. The monoisotopic (exact) mass is 426 g/mol. The second-order valence-corrected chi connectivity index (χ2v) is 8.94. The van der Waals surface area contributed by atoms with Crippen molar-refractivity contribution < 1.29 is 20.1 Å². The van der Waals surface area contributed by atoms with E-state index in [1.54, 1.807) is 11.0 Å². The summed E-state index contributed by atoms with van der Waals surface area (Å²) in [5.74, 6) is -0.495. The molecule has 0 radical (unpaired) electrons. The molecule has 168 valence electrons. The van der Waals surface area contributed by atoms with Gasteiger partial charge in [0.1, 0.15) is 11.5 Å². The number of hydrogen-bond donors (Lipinski definition) is 3. The lowest BCUT2D eigenvalue weighted by Gasteiger charge is -2.37. The van der Waals surface area contributed by atoms with E-state index >= 15 is 0 Å². The van der Waals surface area contributed by atoms with Gasteiger partial charge in [0, 0.05) is 32.2 Å². The van der Waals surface area contributed by atoms with Gasteiger partial charge >= 0.3 is 0 Å². The van der Waals surface area contributed by atoms with Gasteiger partial charge in [0.2, 0.25) is 0 Å². The zero-order valence-corrected chi connectivity index (χ0v) is 18.9. The fourth-order valence-electron chi connectivity index (χ4n) is 4.18. The summed E-state index contributed by atoms with van der Waals surface area (Å²) in [5.41, 5.74) is 1.79. The third kappa shape index (κ3) is 5.02. The molecule has 1 aliphatic rings. The second kappa shape index (κ2) is 9.28. The summed E-state index contributed by atoms with van der Waals surface area (Å²) in [6.07, 6.45) is 1.37. The molecule has 0 spiro atoms. The van der Waals surface area contributed by atoms with Crippen LogP contribution in [0, 0.1) is 0 Å². The highest BCUT2D eigenvalue weighted by Crippen LogP contribution is 2.34. The minimum atomic E-state index is -0.842. The summed E-state index contributed by atoms with van der Waals surface area (Å²) in [5, 5.41) is 31.5. The predicted octanol–water partition coefficient (Wildman–Crippen LogP) is 3.80. The zero-order chi connectivity index (χ0) is 22.8. The molecule has 1 heterocycles. The SMILES string of the molecule is CCN(Cc1cccc(C2(O)CCN(C)CC2)c1)C(=O)c1cc(C(C)C)c(O)cc1O. The lowest BCUT2D eigenvalue weighted by atomic mass is 9.84. The van der Waals surface area contributed by atoms with Gasteiger partial charge in [-0.2, -0.15) is 0 Å².